The Morgan fingerprint density at radius 3 is 1.15 bits per heavy atom. The SMILES string of the molecule is CC(C)C[C@H](N)CC(=O)N[C@@H](CCC(=O)O)CC(=O)N[C@H](CC(=O)N[C@H](CC(=O)N[C@@H](CCC(=O)O)CC(=O)N[C@H](CC(=O)N[C@H](CC(=O)N[C@@H](CCC(=O)O)CC(=O)O)Cc1ccccc1)CC(C)C)Cc1c[nH]c2ccccc12)CC(C)C. The van der Waals surface area contributed by atoms with Gasteiger partial charge in [0.2, 0.25) is 41.4 Å². The van der Waals surface area contributed by atoms with E-state index >= 15 is 0 Å². The largest absolute Gasteiger partial charge is 0.481 e. The number of nitrogens with two attached hydrogens (primary N) is 1. The van der Waals surface area contributed by atoms with Crippen molar-refractivity contribution in [2.75, 3.05) is 0 Å². The van der Waals surface area contributed by atoms with Crippen LogP contribution in [0.3, 0.4) is 0 Å². The number of carbonyl (C=O) groups excluding carboxylic acids is 7. The molecule has 0 aliphatic rings. The van der Waals surface area contributed by atoms with Gasteiger partial charge in [-0.1, -0.05) is 90.1 Å². The summed E-state index contributed by atoms with van der Waals surface area (Å²) < 4.78 is 0. The summed E-state index contributed by atoms with van der Waals surface area (Å²) in [5.74, 6) is -8.23. The molecule has 14 N–H and O–H groups in total. The van der Waals surface area contributed by atoms with Crippen LogP contribution in [0.5, 0.6) is 0 Å². The molecule has 470 valence electrons. The molecule has 1 heterocycles. The molecule has 0 aliphatic carbocycles. The fourth-order valence-electron chi connectivity index (χ4n) is 10.4. The molecule has 1 aromatic heterocycles. The van der Waals surface area contributed by atoms with Gasteiger partial charge in [-0.05, 0) is 86.3 Å². The molecule has 7 amide bonds. The second-order valence-electron chi connectivity index (χ2n) is 23.6. The highest BCUT2D eigenvalue weighted by Crippen LogP contribution is 2.21. The summed E-state index contributed by atoms with van der Waals surface area (Å²) in [5, 5.41) is 58.3. The topological polar surface area (TPSA) is 395 Å². The van der Waals surface area contributed by atoms with E-state index in [1.165, 1.54) is 0 Å². The fraction of sp³-hybridized carbons (Fsp3) is 0.590. The Hall–Kier alpha value is -7.89. The number of amides is 7. The molecule has 3 aromatic rings. The van der Waals surface area contributed by atoms with Crippen molar-refractivity contribution in [2.24, 2.45) is 23.5 Å². The molecule has 0 bridgehead atoms. The van der Waals surface area contributed by atoms with Crippen LogP contribution in [-0.2, 0) is 65.6 Å². The predicted molar refractivity (Wildman–Crippen MR) is 317 cm³/mol. The van der Waals surface area contributed by atoms with Crippen LogP contribution in [0.4, 0.5) is 0 Å². The number of fused-ring (bicyclic) bond motifs is 1. The van der Waals surface area contributed by atoms with E-state index in [1.54, 1.807) is 36.5 Å². The summed E-state index contributed by atoms with van der Waals surface area (Å²) in [5.41, 5.74) is 8.51. The highest BCUT2D eigenvalue weighted by Gasteiger charge is 2.29. The highest BCUT2D eigenvalue weighted by molar-refractivity contribution is 5.86. The van der Waals surface area contributed by atoms with Gasteiger partial charge in [0, 0.05) is 130 Å². The third-order valence-corrected chi connectivity index (χ3v) is 13.9. The third-order valence-electron chi connectivity index (χ3n) is 13.9. The van der Waals surface area contributed by atoms with Crippen LogP contribution in [0, 0.1) is 17.8 Å². The number of hydrogen-bond acceptors (Lipinski definition) is 12. The second-order valence-corrected chi connectivity index (χ2v) is 23.6. The minimum absolute atomic E-state index is 0.00339. The van der Waals surface area contributed by atoms with Crippen molar-refractivity contribution >= 4 is 76.1 Å². The lowest BCUT2D eigenvalue weighted by Gasteiger charge is -2.26. The number of carboxylic acids is 4. The summed E-state index contributed by atoms with van der Waals surface area (Å²) in [4.78, 5) is 145. The maximum absolute atomic E-state index is 14.1. The summed E-state index contributed by atoms with van der Waals surface area (Å²) in [6, 6.07) is 10.1. The molecule has 0 aliphatic heterocycles. The highest BCUT2D eigenvalue weighted by atomic mass is 16.4. The Balaban J connectivity index is 1.80. The monoisotopic (exact) mass is 1190 g/mol. The number of para-hydroxylation sites is 1. The Labute approximate surface area is 497 Å². The van der Waals surface area contributed by atoms with Crippen LogP contribution in [0.1, 0.15) is 162 Å². The molecule has 8 atom stereocenters. The summed E-state index contributed by atoms with van der Waals surface area (Å²) in [6.45, 7) is 11.5. The molecule has 0 unspecified atom stereocenters. The van der Waals surface area contributed by atoms with Crippen LogP contribution >= 0.6 is 0 Å². The van der Waals surface area contributed by atoms with E-state index in [0.717, 1.165) is 22.0 Å². The molecule has 0 fully saturated rings. The molecular formula is C61H91N9O15. The maximum atomic E-state index is 14.1. The van der Waals surface area contributed by atoms with Crippen molar-refractivity contribution in [1.82, 2.24) is 42.2 Å². The second kappa shape index (κ2) is 37.4. The number of benzene rings is 2. The summed E-state index contributed by atoms with van der Waals surface area (Å²) >= 11 is 0. The first-order chi connectivity index (χ1) is 40.1. The smallest absolute Gasteiger partial charge is 0.305 e. The number of aromatic nitrogens is 1. The van der Waals surface area contributed by atoms with Crippen LogP contribution in [0.15, 0.2) is 60.8 Å². The lowest BCUT2D eigenvalue weighted by molar-refractivity contribution is -0.140. The normalized spacial score (nSPS) is 14.2. The first-order valence-corrected chi connectivity index (χ1v) is 29.4. The quantitative estimate of drug-likeness (QED) is 0.0368. The standard InChI is InChI=1S/C61H91N9O15/c1-36(2)22-41(62)27-51(71)64-42(16-19-58(78)79)28-52(72)68-46(24-38(5)6)31-57(77)70-48(26-40-35-63-50-15-11-10-14-49(40)50)33-55(75)65-43(17-20-59(80)81)29-53(73)67-45(23-37(3)4)30-56(76)69-47(25-39-12-8-7-9-13-39)32-54(74)66-44(34-61(84)85)18-21-60(82)83/h7-15,35-38,41-48,63H,16-34,62H2,1-6H3,(H,64,71)(H,65,75)(H,66,74)(H,67,73)(H,68,72)(H,69,76)(H,70,77)(H,78,79)(H,80,81)(H,82,83)(H,84,85)/t41-,42-,43-,44-,45-,46-,47-,48-/m0/s1. The van der Waals surface area contributed by atoms with Gasteiger partial charge in [-0.2, -0.15) is 0 Å². The first kappa shape index (κ1) is 71.4. The number of nitrogens with one attached hydrogen (secondary N) is 8. The van der Waals surface area contributed by atoms with Crippen LogP contribution in [0.25, 0.3) is 10.9 Å². The Kier molecular flexibility index (Phi) is 31.4. The molecule has 0 spiro atoms. The van der Waals surface area contributed by atoms with E-state index in [-0.39, 0.29) is 108 Å². The van der Waals surface area contributed by atoms with Gasteiger partial charge in [-0.25, -0.2) is 0 Å². The first-order valence-electron chi connectivity index (χ1n) is 29.4. The van der Waals surface area contributed by atoms with Gasteiger partial charge in [-0.3, -0.25) is 52.7 Å². The molecule has 3 rings (SSSR count). The Morgan fingerprint density at radius 1 is 0.400 bits per heavy atom. The van der Waals surface area contributed by atoms with Gasteiger partial charge >= 0.3 is 23.9 Å². The van der Waals surface area contributed by atoms with Crippen molar-refractivity contribution in [1.29, 1.82) is 0 Å². The number of H-pyrrole nitrogens is 1. The number of hydrogen-bond donors (Lipinski definition) is 13. The van der Waals surface area contributed by atoms with Gasteiger partial charge in [-0.15, -0.1) is 0 Å². The van der Waals surface area contributed by atoms with Crippen molar-refractivity contribution in [2.45, 2.75) is 212 Å². The van der Waals surface area contributed by atoms with E-state index in [9.17, 15) is 68.1 Å². The van der Waals surface area contributed by atoms with Crippen LogP contribution < -0.4 is 43.0 Å². The predicted octanol–water partition coefficient (Wildman–Crippen LogP) is 4.61. The van der Waals surface area contributed by atoms with E-state index in [2.05, 4.69) is 42.2 Å². The Morgan fingerprint density at radius 2 is 0.741 bits per heavy atom. The summed E-state index contributed by atoms with van der Waals surface area (Å²) in [7, 11) is 0. The Bertz CT molecular complexity index is 2680. The van der Waals surface area contributed by atoms with Crippen molar-refractivity contribution in [3.8, 4) is 0 Å². The molecule has 85 heavy (non-hydrogen) atoms. The molecule has 0 radical (unpaired) electrons. The van der Waals surface area contributed by atoms with Crippen molar-refractivity contribution in [3.05, 3.63) is 71.9 Å². The zero-order valence-electron chi connectivity index (χ0n) is 49.9. The van der Waals surface area contributed by atoms with Crippen LogP contribution in [0.2, 0.25) is 0 Å². The van der Waals surface area contributed by atoms with Crippen LogP contribution in [-0.4, -0.2) is 139 Å². The zero-order chi connectivity index (χ0) is 63.2. The molecule has 2 aromatic carbocycles. The number of aliphatic carboxylic acids is 4. The molecule has 0 saturated heterocycles. The van der Waals surface area contributed by atoms with Gasteiger partial charge in [0.25, 0.3) is 0 Å². The lowest BCUT2D eigenvalue weighted by atomic mass is 9.98. The minimum atomic E-state index is -1.23. The number of carbonyl (C=O) groups is 11. The number of aromatic amines is 1. The van der Waals surface area contributed by atoms with Gasteiger partial charge < -0.3 is 68.4 Å². The van der Waals surface area contributed by atoms with E-state index in [1.807, 2.05) is 65.8 Å². The third kappa shape index (κ3) is 31.5. The number of carboxylic acid groups (broad SMARTS) is 4. The number of rotatable bonds is 42. The van der Waals surface area contributed by atoms with Crippen molar-refractivity contribution in [3.63, 3.8) is 0 Å². The molecule has 24 nitrogen and oxygen atoms in total. The fourth-order valence-corrected chi connectivity index (χ4v) is 10.4. The lowest BCUT2D eigenvalue weighted by Crippen LogP contribution is -2.48. The summed E-state index contributed by atoms with van der Waals surface area (Å²) in [6.07, 6.45) is -0.200. The molecule has 0 saturated carbocycles. The van der Waals surface area contributed by atoms with E-state index in [4.69, 9.17) is 10.8 Å². The molecular weight excluding hydrogens is 1100 g/mol. The van der Waals surface area contributed by atoms with Gasteiger partial charge in [0.1, 0.15) is 0 Å². The van der Waals surface area contributed by atoms with E-state index < -0.39 is 126 Å². The minimum Gasteiger partial charge on any atom is -0.481 e. The zero-order valence-corrected chi connectivity index (χ0v) is 49.9. The maximum Gasteiger partial charge on any atom is 0.305 e. The van der Waals surface area contributed by atoms with Gasteiger partial charge in [0.15, 0.2) is 0 Å². The molecule has 24 heteroatoms. The van der Waals surface area contributed by atoms with E-state index in [0.29, 0.717) is 19.3 Å². The van der Waals surface area contributed by atoms with Crippen molar-refractivity contribution < 1.29 is 73.2 Å². The van der Waals surface area contributed by atoms with Gasteiger partial charge in [0.05, 0.1) is 6.42 Å². The average Bonchev–Trinajstić information content (AvgIpc) is 4.05. The average molecular weight is 1190 g/mol.